The molecule has 0 fully saturated rings. The van der Waals surface area contributed by atoms with Gasteiger partial charge in [-0.1, -0.05) is 12.1 Å². The largest absolute Gasteiger partial charge is 0.484 e. The van der Waals surface area contributed by atoms with Gasteiger partial charge in [0.2, 0.25) is 5.91 Å². The van der Waals surface area contributed by atoms with Crippen LogP contribution in [0.5, 0.6) is 5.75 Å². The van der Waals surface area contributed by atoms with Crippen molar-refractivity contribution in [1.82, 2.24) is 9.88 Å². The van der Waals surface area contributed by atoms with E-state index < -0.39 is 0 Å². The molecule has 1 N–H and O–H groups in total. The summed E-state index contributed by atoms with van der Waals surface area (Å²) in [5.74, 6) is 0.551. The Balaban J connectivity index is 1.35. The Morgan fingerprint density at radius 1 is 1.26 bits per heavy atom. The van der Waals surface area contributed by atoms with Crippen molar-refractivity contribution < 1.29 is 14.3 Å². The molecular formula is C20H19N3O3S. The summed E-state index contributed by atoms with van der Waals surface area (Å²) in [7, 11) is 1.75. The normalized spacial score (nSPS) is 13.1. The number of anilines is 1. The Labute approximate surface area is 160 Å². The third-order valence-corrected chi connectivity index (χ3v) is 5.49. The predicted molar refractivity (Wildman–Crippen MR) is 105 cm³/mol. The highest BCUT2D eigenvalue weighted by atomic mass is 32.1. The number of ether oxygens (including phenoxy) is 1. The van der Waals surface area contributed by atoms with Crippen LogP contribution < -0.4 is 10.1 Å². The van der Waals surface area contributed by atoms with E-state index in [2.05, 4.69) is 10.3 Å². The second-order valence-corrected chi connectivity index (χ2v) is 7.60. The highest BCUT2D eigenvalue weighted by molar-refractivity contribution is 7.18. The molecule has 138 valence electrons. The molecule has 0 atom stereocenters. The van der Waals surface area contributed by atoms with E-state index in [-0.39, 0.29) is 18.4 Å². The number of hydrogen-bond donors (Lipinski definition) is 1. The summed E-state index contributed by atoms with van der Waals surface area (Å²) >= 11 is 1.59. The number of amides is 2. The lowest BCUT2D eigenvalue weighted by molar-refractivity contribution is -0.132. The summed E-state index contributed by atoms with van der Waals surface area (Å²) in [5.41, 5.74) is 2.80. The Bertz CT molecular complexity index is 982. The zero-order chi connectivity index (χ0) is 18.8. The third kappa shape index (κ3) is 3.93. The molecule has 0 saturated heterocycles. The van der Waals surface area contributed by atoms with Crippen molar-refractivity contribution in [2.45, 2.75) is 19.4 Å². The van der Waals surface area contributed by atoms with E-state index in [1.165, 1.54) is 0 Å². The maximum atomic E-state index is 12.4. The van der Waals surface area contributed by atoms with Gasteiger partial charge >= 0.3 is 0 Å². The first kappa shape index (κ1) is 17.5. The number of thiazole rings is 1. The van der Waals surface area contributed by atoms with Crippen LogP contribution in [0, 0.1) is 0 Å². The van der Waals surface area contributed by atoms with Crippen molar-refractivity contribution in [3.8, 4) is 5.75 Å². The lowest BCUT2D eigenvalue weighted by atomic mass is 10.0. The van der Waals surface area contributed by atoms with E-state index >= 15 is 0 Å². The summed E-state index contributed by atoms with van der Waals surface area (Å²) in [6.45, 7) is 0.421. The minimum atomic E-state index is -0.111. The van der Waals surface area contributed by atoms with Gasteiger partial charge in [0.15, 0.2) is 6.61 Å². The van der Waals surface area contributed by atoms with Gasteiger partial charge in [-0.05, 0) is 42.3 Å². The number of benzene rings is 2. The van der Waals surface area contributed by atoms with E-state index in [4.69, 9.17) is 4.74 Å². The zero-order valence-electron chi connectivity index (χ0n) is 14.9. The Kier molecular flexibility index (Phi) is 4.77. The standard InChI is InChI=1S/C20H19N3O3S/c1-23(11-19-22-16-4-2-3-5-17(16)27-19)20(25)12-26-14-7-8-15-13(10-14)6-9-18(24)21-15/h2-5,7-8,10H,6,9,11-12H2,1H3,(H,21,24). The van der Waals surface area contributed by atoms with Crippen LogP contribution in [0.1, 0.15) is 17.0 Å². The maximum absolute atomic E-state index is 12.4. The van der Waals surface area contributed by atoms with Gasteiger partial charge in [0.1, 0.15) is 10.8 Å². The Morgan fingerprint density at radius 3 is 2.96 bits per heavy atom. The molecule has 0 aliphatic carbocycles. The fourth-order valence-electron chi connectivity index (χ4n) is 2.98. The molecule has 0 radical (unpaired) electrons. The molecule has 0 bridgehead atoms. The van der Waals surface area contributed by atoms with E-state index in [1.54, 1.807) is 29.4 Å². The molecule has 2 heterocycles. The molecule has 27 heavy (non-hydrogen) atoms. The minimum Gasteiger partial charge on any atom is -0.484 e. The summed E-state index contributed by atoms with van der Waals surface area (Å²) in [6.07, 6.45) is 1.16. The summed E-state index contributed by atoms with van der Waals surface area (Å²) in [6, 6.07) is 13.4. The van der Waals surface area contributed by atoms with Gasteiger partial charge in [0, 0.05) is 19.2 Å². The van der Waals surface area contributed by atoms with Crippen LogP contribution in [0.3, 0.4) is 0 Å². The number of nitrogens with one attached hydrogen (secondary N) is 1. The van der Waals surface area contributed by atoms with Crippen LogP contribution in [0.15, 0.2) is 42.5 Å². The Hall–Kier alpha value is -2.93. The SMILES string of the molecule is CN(Cc1nc2ccccc2s1)C(=O)COc1ccc2c(c1)CCC(=O)N2. The van der Waals surface area contributed by atoms with Crippen LogP contribution in [-0.4, -0.2) is 35.4 Å². The van der Waals surface area contributed by atoms with Gasteiger partial charge in [-0.3, -0.25) is 9.59 Å². The van der Waals surface area contributed by atoms with E-state index in [1.807, 2.05) is 36.4 Å². The summed E-state index contributed by atoms with van der Waals surface area (Å²) in [5, 5.41) is 3.73. The molecule has 1 aliphatic heterocycles. The fourth-order valence-corrected chi connectivity index (χ4v) is 4.00. The van der Waals surface area contributed by atoms with Crippen molar-refractivity contribution in [3.63, 3.8) is 0 Å². The van der Waals surface area contributed by atoms with Gasteiger partial charge in [-0.2, -0.15) is 0 Å². The van der Waals surface area contributed by atoms with Gasteiger partial charge < -0.3 is 15.0 Å². The second-order valence-electron chi connectivity index (χ2n) is 6.48. The molecule has 3 aromatic rings. The highest BCUT2D eigenvalue weighted by Crippen LogP contribution is 2.27. The molecule has 6 nitrogen and oxygen atoms in total. The first-order valence-electron chi connectivity index (χ1n) is 8.72. The van der Waals surface area contributed by atoms with E-state index in [0.29, 0.717) is 25.1 Å². The van der Waals surface area contributed by atoms with Crippen LogP contribution >= 0.6 is 11.3 Å². The third-order valence-electron chi connectivity index (χ3n) is 4.47. The number of rotatable bonds is 5. The van der Waals surface area contributed by atoms with Crippen LogP contribution in [-0.2, 0) is 22.6 Å². The molecule has 0 spiro atoms. The second kappa shape index (κ2) is 7.36. The molecule has 7 heteroatoms. The topological polar surface area (TPSA) is 71.5 Å². The number of hydrogen-bond acceptors (Lipinski definition) is 5. The minimum absolute atomic E-state index is 0.0304. The van der Waals surface area contributed by atoms with Crippen molar-refractivity contribution >= 4 is 39.1 Å². The number of carbonyl (C=O) groups is 2. The lowest BCUT2D eigenvalue weighted by Crippen LogP contribution is -2.31. The van der Waals surface area contributed by atoms with Crippen molar-refractivity contribution in [1.29, 1.82) is 0 Å². The molecule has 2 amide bonds. The van der Waals surface area contributed by atoms with Gasteiger partial charge in [0.05, 0.1) is 16.8 Å². The zero-order valence-corrected chi connectivity index (χ0v) is 15.7. The summed E-state index contributed by atoms with van der Waals surface area (Å²) in [4.78, 5) is 30.0. The smallest absolute Gasteiger partial charge is 0.260 e. The summed E-state index contributed by atoms with van der Waals surface area (Å²) < 4.78 is 6.77. The first-order valence-corrected chi connectivity index (χ1v) is 9.54. The molecule has 1 aliphatic rings. The monoisotopic (exact) mass is 381 g/mol. The molecule has 0 saturated carbocycles. The van der Waals surface area contributed by atoms with Gasteiger partial charge in [0.25, 0.3) is 5.91 Å². The van der Waals surface area contributed by atoms with Gasteiger partial charge in [-0.15, -0.1) is 11.3 Å². The van der Waals surface area contributed by atoms with Crippen molar-refractivity contribution in [2.24, 2.45) is 0 Å². The highest BCUT2D eigenvalue weighted by Gasteiger charge is 2.16. The number of aryl methyl sites for hydroxylation is 1. The average Bonchev–Trinajstić information content (AvgIpc) is 3.08. The first-order chi connectivity index (χ1) is 13.1. The predicted octanol–water partition coefficient (Wildman–Crippen LogP) is 3.22. The quantitative estimate of drug-likeness (QED) is 0.737. The van der Waals surface area contributed by atoms with Crippen molar-refractivity contribution in [2.75, 3.05) is 19.0 Å². The molecule has 4 rings (SSSR count). The lowest BCUT2D eigenvalue weighted by Gasteiger charge is -2.19. The number of likely N-dealkylation sites (N-methyl/N-ethyl adjacent to an activating group) is 1. The van der Waals surface area contributed by atoms with Gasteiger partial charge in [-0.25, -0.2) is 4.98 Å². The van der Waals surface area contributed by atoms with E-state index in [9.17, 15) is 9.59 Å². The number of carbonyl (C=O) groups excluding carboxylic acids is 2. The molecule has 2 aromatic carbocycles. The average molecular weight is 381 g/mol. The number of para-hydroxylation sites is 1. The molecule has 1 aromatic heterocycles. The number of aromatic nitrogens is 1. The van der Waals surface area contributed by atoms with E-state index in [0.717, 1.165) is 26.5 Å². The number of nitrogens with zero attached hydrogens (tertiary/aromatic N) is 2. The Morgan fingerprint density at radius 2 is 2.11 bits per heavy atom. The van der Waals surface area contributed by atoms with Crippen LogP contribution in [0.2, 0.25) is 0 Å². The fraction of sp³-hybridized carbons (Fsp3) is 0.250. The molecule has 0 unspecified atom stereocenters. The number of fused-ring (bicyclic) bond motifs is 2. The molecular weight excluding hydrogens is 362 g/mol. The van der Waals surface area contributed by atoms with Crippen molar-refractivity contribution in [3.05, 3.63) is 53.0 Å². The van der Waals surface area contributed by atoms with Crippen LogP contribution in [0.25, 0.3) is 10.2 Å². The van der Waals surface area contributed by atoms with Crippen LogP contribution in [0.4, 0.5) is 5.69 Å². The maximum Gasteiger partial charge on any atom is 0.260 e.